The van der Waals surface area contributed by atoms with Gasteiger partial charge < -0.3 is 10.1 Å². The highest BCUT2D eigenvalue weighted by molar-refractivity contribution is 9.10. The lowest BCUT2D eigenvalue weighted by molar-refractivity contribution is 0.414. The number of aliphatic imine (C=N–C) groups is 1. The third-order valence-corrected chi connectivity index (χ3v) is 3.05. The molecule has 0 amide bonds. The normalized spacial score (nSPS) is 14.3. The lowest BCUT2D eigenvalue weighted by Gasteiger charge is -2.09. The molecule has 0 saturated heterocycles. The van der Waals surface area contributed by atoms with E-state index in [2.05, 4.69) is 36.8 Å². The standard InChI is InChI=1S/C12H15BrN4O.ClH/c1-8(16-17-12-14-5-6-15-12)10-7-9(13)3-4-11(10)18-2;/h3-4,7H,5-6H2,1-2H3,(H2,14,15,17);1H. The summed E-state index contributed by atoms with van der Waals surface area (Å²) in [5.74, 6) is 1.51. The third-order valence-electron chi connectivity index (χ3n) is 2.55. The Kier molecular flexibility index (Phi) is 6.11. The van der Waals surface area contributed by atoms with E-state index in [0.717, 1.165) is 34.6 Å². The number of benzene rings is 1. The number of hydrogen-bond donors (Lipinski definition) is 2. The van der Waals surface area contributed by atoms with E-state index in [-0.39, 0.29) is 12.4 Å². The first-order valence-corrected chi connectivity index (χ1v) is 6.42. The van der Waals surface area contributed by atoms with Crippen LogP contribution >= 0.6 is 28.3 Å². The number of guanidine groups is 1. The van der Waals surface area contributed by atoms with Gasteiger partial charge in [-0.15, -0.1) is 12.4 Å². The molecule has 1 aliphatic heterocycles. The van der Waals surface area contributed by atoms with Gasteiger partial charge in [0.15, 0.2) is 0 Å². The number of halogens is 2. The second kappa shape index (κ2) is 7.35. The van der Waals surface area contributed by atoms with Crippen LogP contribution in [0.5, 0.6) is 5.75 Å². The number of hydrogen-bond acceptors (Lipinski definition) is 5. The molecule has 2 rings (SSSR count). The van der Waals surface area contributed by atoms with Gasteiger partial charge in [0.1, 0.15) is 5.75 Å². The second-order valence-electron chi connectivity index (χ2n) is 3.81. The van der Waals surface area contributed by atoms with Crippen LogP contribution in [0.15, 0.2) is 32.8 Å². The van der Waals surface area contributed by atoms with Gasteiger partial charge in [0.05, 0.1) is 19.4 Å². The highest BCUT2D eigenvalue weighted by atomic mass is 79.9. The van der Waals surface area contributed by atoms with E-state index in [1.165, 1.54) is 0 Å². The molecule has 0 atom stereocenters. The van der Waals surface area contributed by atoms with Crippen LogP contribution in [0.4, 0.5) is 0 Å². The average molecular weight is 348 g/mol. The molecule has 0 saturated carbocycles. The fourth-order valence-corrected chi connectivity index (χ4v) is 1.99. The molecule has 1 aromatic rings. The van der Waals surface area contributed by atoms with Gasteiger partial charge in [0.2, 0.25) is 5.96 Å². The minimum Gasteiger partial charge on any atom is -0.496 e. The number of methoxy groups -OCH3 is 1. The Morgan fingerprint density at radius 1 is 1.53 bits per heavy atom. The molecule has 0 aromatic heterocycles. The summed E-state index contributed by atoms with van der Waals surface area (Å²) in [6, 6.07) is 5.82. The Morgan fingerprint density at radius 2 is 2.32 bits per heavy atom. The van der Waals surface area contributed by atoms with E-state index < -0.39 is 0 Å². The molecule has 1 heterocycles. The van der Waals surface area contributed by atoms with Gasteiger partial charge in [0.25, 0.3) is 0 Å². The zero-order valence-electron chi connectivity index (χ0n) is 10.7. The summed E-state index contributed by atoms with van der Waals surface area (Å²) >= 11 is 3.44. The molecule has 0 aliphatic carbocycles. The summed E-state index contributed by atoms with van der Waals surface area (Å²) in [5, 5.41) is 7.39. The zero-order valence-corrected chi connectivity index (χ0v) is 13.1. The van der Waals surface area contributed by atoms with Crippen LogP contribution < -0.4 is 15.5 Å². The molecule has 7 heteroatoms. The lowest BCUT2D eigenvalue weighted by Crippen LogP contribution is -2.30. The minimum atomic E-state index is 0. The first-order chi connectivity index (χ1) is 8.70. The Balaban J connectivity index is 0.00000180. The van der Waals surface area contributed by atoms with Crippen LogP contribution in [-0.2, 0) is 0 Å². The van der Waals surface area contributed by atoms with Crippen molar-refractivity contribution in [3.05, 3.63) is 28.2 Å². The molecule has 1 aliphatic rings. The average Bonchev–Trinajstić information content (AvgIpc) is 2.89. The van der Waals surface area contributed by atoms with Crippen molar-refractivity contribution in [2.75, 3.05) is 20.2 Å². The number of nitrogens with one attached hydrogen (secondary N) is 2. The van der Waals surface area contributed by atoms with Crippen molar-refractivity contribution in [3.8, 4) is 5.75 Å². The van der Waals surface area contributed by atoms with Crippen molar-refractivity contribution in [1.82, 2.24) is 10.7 Å². The van der Waals surface area contributed by atoms with Crippen LogP contribution in [0.2, 0.25) is 0 Å². The van der Waals surface area contributed by atoms with Gasteiger partial charge in [-0.05, 0) is 25.1 Å². The van der Waals surface area contributed by atoms with E-state index in [0.29, 0.717) is 5.96 Å². The van der Waals surface area contributed by atoms with E-state index in [1.807, 2.05) is 25.1 Å². The van der Waals surface area contributed by atoms with Crippen LogP contribution in [0.3, 0.4) is 0 Å². The fraction of sp³-hybridized carbons (Fsp3) is 0.333. The number of nitrogens with zero attached hydrogens (tertiary/aromatic N) is 2. The number of rotatable bonds is 3. The highest BCUT2D eigenvalue weighted by Crippen LogP contribution is 2.23. The van der Waals surface area contributed by atoms with Gasteiger partial charge in [0, 0.05) is 16.6 Å². The van der Waals surface area contributed by atoms with Crippen molar-refractivity contribution in [3.63, 3.8) is 0 Å². The lowest BCUT2D eigenvalue weighted by atomic mass is 10.1. The SMILES string of the molecule is COc1ccc(Br)cc1C(C)=NNC1=NCCN1.Cl. The third kappa shape index (κ3) is 4.11. The van der Waals surface area contributed by atoms with E-state index in [4.69, 9.17) is 4.74 Å². The molecule has 0 fully saturated rings. The summed E-state index contributed by atoms with van der Waals surface area (Å²) in [6.45, 7) is 3.57. The molecule has 0 bridgehead atoms. The Hall–Kier alpha value is -1.27. The fourth-order valence-electron chi connectivity index (χ4n) is 1.63. The van der Waals surface area contributed by atoms with Gasteiger partial charge in [-0.1, -0.05) is 15.9 Å². The zero-order chi connectivity index (χ0) is 13.0. The largest absolute Gasteiger partial charge is 0.496 e. The summed E-state index contributed by atoms with van der Waals surface area (Å²) in [5.41, 5.74) is 4.69. The molecule has 5 nitrogen and oxygen atoms in total. The second-order valence-corrected chi connectivity index (χ2v) is 4.73. The Morgan fingerprint density at radius 3 is 2.95 bits per heavy atom. The molecule has 0 unspecified atom stereocenters. The number of ether oxygens (including phenoxy) is 1. The predicted molar refractivity (Wildman–Crippen MR) is 83.6 cm³/mol. The molecule has 2 N–H and O–H groups in total. The summed E-state index contributed by atoms with van der Waals surface area (Å²) in [7, 11) is 1.65. The maximum Gasteiger partial charge on any atom is 0.212 e. The number of hydrazone groups is 1. The van der Waals surface area contributed by atoms with Crippen LogP contribution in [-0.4, -0.2) is 31.9 Å². The predicted octanol–water partition coefficient (Wildman–Crippen LogP) is 2.15. The van der Waals surface area contributed by atoms with Crippen molar-refractivity contribution in [2.24, 2.45) is 10.1 Å². The highest BCUT2D eigenvalue weighted by Gasteiger charge is 2.08. The molecule has 104 valence electrons. The van der Waals surface area contributed by atoms with E-state index in [9.17, 15) is 0 Å². The molecular weight excluding hydrogens is 332 g/mol. The first-order valence-electron chi connectivity index (χ1n) is 5.63. The van der Waals surface area contributed by atoms with Crippen molar-refractivity contribution in [1.29, 1.82) is 0 Å². The molecule has 0 radical (unpaired) electrons. The monoisotopic (exact) mass is 346 g/mol. The minimum absolute atomic E-state index is 0. The topological polar surface area (TPSA) is 58.0 Å². The van der Waals surface area contributed by atoms with Gasteiger partial charge in [-0.2, -0.15) is 5.10 Å². The van der Waals surface area contributed by atoms with Crippen LogP contribution in [0, 0.1) is 0 Å². The smallest absolute Gasteiger partial charge is 0.212 e. The molecule has 19 heavy (non-hydrogen) atoms. The quantitative estimate of drug-likeness (QED) is 0.651. The van der Waals surface area contributed by atoms with E-state index >= 15 is 0 Å². The molecule has 0 spiro atoms. The van der Waals surface area contributed by atoms with Crippen LogP contribution in [0.25, 0.3) is 0 Å². The first kappa shape index (κ1) is 15.8. The van der Waals surface area contributed by atoms with Gasteiger partial charge in [-0.25, -0.2) is 10.4 Å². The van der Waals surface area contributed by atoms with Crippen molar-refractivity contribution in [2.45, 2.75) is 6.92 Å². The Bertz CT molecular complexity index is 505. The van der Waals surface area contributed by atoms with Crippen LogP contribution in [0.1, 0.15) is 12.5 Å². The molecular formula is C12H16BrClN4O. The maximum absolute atomic E-state index is 5.32. The van der Waals surface area contributed by atoms with Crippen molar-refractivity contribution < 1.29 is 4.74 Å². The van der Waals surface area contributed by atoms with Crippen molar-refractivity contribution >= 4 is 40.0 Å². The summed E-state index contributed by atoms with van der Waals surface area (Å²) in [4.78, 5) is 4.21. The maximum atomic E-state index is 5.32. The summed E-state index contributed by atoms with van der Waals surface area (Å²) < 4.78 is 6.31. The van der Waals surface area contributed by atoms with Gasteiger partial charge in [-0.3, -0.25) is 0 Å². The molecule has 1 aromatic carbocycles. The van der Waals surface area contributed by atoms with Gasteiger partial charge >= 0.3 is 0 Å². The Labute approximate surface area is 127 Å². The van der Waals surface area contributed by atoms with E-state index in [1.54, 1.807) is 7.11 Å². The summed E-state index contributed by atoms with van der Waals surface area (Å²) in [6.07, 6.45) is 0.